The van der Waals surface area contributed by atoms with Gasteiger partial charge >= 0.3 is 0 Å². The molecule has 0 bridgehead atoms. The van der Waals surface area contributed by atoms with Crippen LogP contribution in [0.4, 0.5) is 0 Å². The molecule has 0 aromatic carbocycles. The molecule has 0 aliphatic carbocycles. The standard InChI is InChI=1S/C15H29N3O/c1-17(2)12-14-6-9-18(10-7-14)15(19)4-3-13-5-8-16-11-13/h13-14,16H,3-12H2,1-2H3. The van der Waals surface area contributed by atoms with Crippen molar-refractivity contribution in [3.05, 3.63) is 0 Å². The summed E-state index contributed by atoms with van der Waals surface area (Å²) >= 11 is 0. The fraction of sp³-hybridized carbons (Fsp3) is 0.933. The maximum absolute atomic E-state index is 12.2. The van der Waals surface area contributed by atoms with E-state index in [-0.39, 0.29) is 0 Å². The van der Waals surface area contributed by atoms with Crippen LogP contribution in [0.2, 0.25) is 0 Å². The Morgan fingerprint density at radius 1 is 1.21 bits per heavy atom. The molecule has 0 aromatic heterocycles. The van der Waals surface area contributed by atoms with Crippen molar-refractivity contribution in [1.82, 2.24) is 15.1 Å². The summed E-state index contributed by atoms with van der Waals surface area (Å²) in [6, 6.07) is 0. The smallest absolute Gasteiger partial charge is 0.222 e. The van der Waals surface area contributed by atoms with Crippen molar-refractivity contribution >= 4 is 5.91 Å². The Balaban J connectivity index is 1.64. The summed E-state index contributed by atoms with van der Waals surface area (Å²) in [5.74, 6) is 1.89. The van der Waals surface area contributed by atoms with Gasteiger partial charge in [-0.15, -0.1) is 0 Å². The number of rotatable bonds is 5. The molecule has 2 heterocycles. The first-order chi connectivity index (χ1) is 9.15. The summed E-state index contributed by atoms with van der Waals surface area (Å²) in [6.45, 7) is 5.35. The van der Waals surface area contributed by atoms with Gasteiger partial charge in [-0.2, -0.15) is 0 Å². The van der Waals surface area contributed by atoms with Gasteiger partial charge in [-0.05, 0) is 64.7 Å². The first-order valence-electron chi connectivity index (χ1n) is 7.78. The zero-order valence-corrected chi connectivity index (χ0v) is 12.5. The van der Waals surface area contributed by atoms with Crippen LogP contribution in [0.3, 0.4) is 0 Å². The predicted molar refractivity (Wildman–Crippen MR) is 78.1 cm³/mol. The number of nitrogens with zero attached hydrogens (tertiary/aromatic N) is 2. The molecule has 0 spiro atoms. The first kappa shape index (κ1) is 14.8. The number of carbonyl (C=O) groups is 1. The fourth-order valence-corrected chi connectivity index (χ4v) is 3.33. The Morgan fingerprint density at radius 2 is 1.95 bits per heavy atom. The number of amides is 1. The van der Waals surface area contributed by atoms with Crippen LogP contribution in [0.5, 0.6) is 0 Å². The van der Waals surface area contributed by atoms with E-state index in [4.69, 9.17) is 0 Å². The number of carbonyl (C=O) groups excluding carboxylic acids is 1. The molecule has 2 rings (SSSR count). The van der Waals surface area contributed by atoms with E-state index in [9.17, 15) is 4.79 Å². The highest BCUT2D eigenvalue weighted by Crippen LogP contribution is 2.20. The molecule has 1 N–H and O–H groups in total. The molecule has 4 heteroatoms. The normalized spacial score (nSPS) is 25.2. The minimum absolute atomic E-state index is 0.384. The Bertz CT molecular complexity index is 279. The zero-order chi connectivity index (χ0) is 13.7. The lowest BCUT2D eigenvalue weighted by Crippen LogP contribution is -2.40. The van der Waals surface area contributed by atoms with Gasteiger partial charge in [0.1, 0.15) is 0 Å². The molecular formula is C15H29N3O. The second-order valence-corrected chi connectivity index (χ2v) is 6.48. The number of nitrogens with one attached hydrogen (secondary N) is 1. The van der Waals surface area contributed by atoms with Gasteiger partial charge in [0.25, 0.3) is 0 Å². The number of piperidine rings is 1. The summed E-state index contributed by atoms with van der Waals surface area (Å²) in [4.78, 5) is 16.5. The molecule has 2 fully saturated rings. The number of hydrogen-bond donors (Lipinski definition) is 1. The molecule has 0 saturated carbocycles. The number of hydrogen-bond acceptors (Lipinski definition) is 3. The first-order valence-corrected chi connectivity index (χ1v) is 7.78. The second-order valence-electron chi connectivity index (χ2n) is 6.48. The van der Waals surface area contributed by atoms with Gasteiger partial charge in [0, 0.05) is 26.1 Å². The van der Waals surface area contributed by atoms with Crippen molar-refractivity contribution in [1.29, 1.82) is 0 Å². The highest BCUT2D eigenvalue weighted by molar-refractivity contribution is 5.76. The zero-order valence-electron chi connectivity index (χ0n) is 12.5. The topological polar surface area (TPSA) is 35.6 Å². The van der Waals surface area contributed by atoms with Crippen molar-refractivity contribution in [2.75, 3.05) is 46.8 Å². The van der Waals surface area contributed by atoms with E-state index in [2.05, 4.69) is 29.2 Å². The Kier molecular flexibility index (Phi) is 5.64. The summed E-state index contributed by atoms with van der Waals surface area (Å²) < 4.78 is 0. The quantitative estimate of drug-likeness (QED) is 0.812. The third-order valence-electron chi connectivity index (χ3n) is 4.52. The van der Waals surface area contributed by atoms with Crippen LogP contribution in [0.15, 0.2) is 0 Å². The summed E-state index contributed by atoms with van der Waals surface area (Å²) in [5.41, 5.74) is 0. The Labute approximate surface area is 117 Å². The van der Waals surface area contributed by atoms with E-state index in [1.165, 1.54) is 19.3 Å². The van der Waals surface area contributed by atoms with E-state index in [1.54, 1.807) is 0 Å². The van der Waals surface area contributed by atoms with Gasteiger partial charge in [0.2, 0.25) is 5.91 Å². The molecule has 4 nitrogen and oxygen atoms in total. The van der Waals surface area contributed by atoms with Gasteiger partial charge in [-0.25, -0.2) is 0 Å². The van der Waals surface area contributed by atoms with Gasteiger partial charge in [-0.3, -0.25) is 4.79 Å². The summed E-state index contributed by atoms with van der Waals surface area (Å²) in [5, 5.41) is 3.37. The van der Waals surface area contributed by atoms with E-state index >= 15 is 0 Å². The van der Waals surface area contributed by atoms with Crippen LogP contribution in [0.25, 0.3) is 0 Å². The molecule has 2 aliphatic heterocycles. The molecule has 110 valence electrons. The SMILES string of the molecule is CN(C)CC1CCN(C(=O)CCC2CCNC2)CC1. The lowest BCUT2D eigenvalue weighted by Gasteiger charge is -2.33. The van der Waals surface area contributed by atoms with E-state index < -0.39 is 0 Å². The predicted octanol–water partition coefficient (Wildman–Crippen LogP) is 1.18. The molecule has 0 aromatic rings. The fourth-order valence-electron chi connectivity index (χ4n) is 3.33. The average Bonchev–Trinajstić information content (AvgIpc) is 2.89. The molecule has 0 radical (unpaired) electrons. The lowest BCUT2D eigenvalue weighted by atomic mass is 9.95. The van der Waals surface area contributed by atoms with Crippen molar-refractivity contribution in [3.8, 4) is 0 Å². The molecule has 1 unspecified atom stereocenters. The molecular weight excluding hydrogens is 238 g/mol. The monoisotopic (exact) mass is 267 g/mol. The maximum Gasteiger partial charge on any atom is 0.222 e. The highest BCUT2D eigenvalue weighted by Gasteiger charge is 2.24. The third-order valence-corrected chi connectivity index (χ3v) is 4.52. The Hall–Kier alpha value is -0.610. The molecule has 19 heavy (non-hydrogen) atoms. The second kappa shape index (κ2) is 7.25. The van der Waals surface area contributed by atoms with Crippen molar-refractivity contribution in [2.45, 2.75) is 32.1 Å². The lowest BCUT2D eigenvalue weighted by molar-refractivity contribution is -0.132. The minimum Gasteiger partial charge on any atom is -0.343 e. The van der Waals surface area contributed by atoms with Crippen LogP contribution in [-0.2, 0) is 4.79 Å². The summed E-state index contributed by atoms with van der Waals surface area (Å²) in [6.07, 6.45) is 5.43. The number of likely N-dealkylation sites (tertiary alicyclic amines) is 1. The van der Waals surface area contributed by atoms with E-state index in [1.807, 2.05) is 0 Å². The van der Waals surface area contributed by atoms with Gasteiger partial charge in [0.15, 0.2) is 0 Å². The summed E-state index contributed by atoms with van der Waals surface area (Å²) in [7, 11) is 4.26. The van der Waals surface area contributed by atoms with Gasteiger partial charge in [0.05, 0.1) is 0 Å². The van der Waals surface area contributed by atoms with Crippen LogP contribution < -0.4 is 5.32 Å². The third kappa shape index (κ3) is 4.77. The molecule has 2 saturated heterocycles. The van der Waals surface area contributed by atoms with Crippen LogP contribution in [0.1, 0.15) is 32.1 Å². The van der Waals surface area contributed by atoms with E-state index in [0.29, 0.717) is 5.91 Å². The van der Waals surface area contributed by atoms with Gasteiger partial charge in [-0.1, -0.05) is 0 Å². The van der Waals surface area contributed by atoms with Crippen molar-refractivity contribution in [3.63, 3.8) is 0 Å². The minimum atomic E-state index is 0.384. The molecule has 1 amide bonds. The van der Waals surface area contributed by atoms with Gasteiger partial charge < -0.3 is 15.1 Å². The van der Waals surface area contributed by atoms with Crippen LogP contribution >= 0.6 is 0 Å². The average molecular weight is 267 g/mol. The van der Waals surface area contributed by atoms with Crippen molar-refractivity contribution in [2.24, 2.45) is 11.8 Å². The van der Waals surface area contributed by atoms with Crippen LogP contribution in [-0.4, -0.2) is 62.5 Å². The maximum atomic E-state index is 12.2. The largest absolute Gasteiger partial charge is 0.343 e. The Morgan fingerprint density at radius 3 is 2.53 bits per heavy atom. The molecule has 1 atom stereocenters. The molecule has 2 aliphatic rings. The highest BCUT2D eigenvalue weighted by atomic mass is 16.2. The van der Waals surface area contributed by atoms with E-state index in [0.717, 1.165) is 57.4 Å². The van der Waals surface area contributed by atoms with Crippen molar-refractivity contribution < 1.29 is 4.79 Å². The van der Waals surface area contributed by atoms with Crippen LogP contribution in [0, 0.1) is 11.8 Å².